The van der Waals surface area contributed by atoms with Crippen molar-refractivity contribution >= 4 is 35.7 Å². The van der Waals surface area contributed by atoms with E-state index in [9.17, 15) is 4.79 Å². The first-order valence-corrected chi connectivity index (χ1v) is 6.96. The molecule has 1 amide bonds. The third-order valence-corrected chi connectivity index (χ3v) is 3.43. The van der Waals surface area contributed by atoms with Crippen LogP contribution in [0.1, 0.15) is 12.1 Å². The molecule has 1 aliphatic rings. The molecule has 0 aromatic carbocycles. The maximum absolute atomic E-state index is 12.2. The van der Waals surface area contributed by atoms with E-state index in [0.717, 1.165) is 5.69 Å². The van der Waals surface area contributed by atoms with Crippen LogP contribution in [0, 0.1) is 11.3 Å². The molecule has 0 aliphatic carbocycles. The Morgan fingerprint density at radius 1 is 1.35 bits per heavy atom. The molecule has 1 aliphatic heterocycles. The minimum absolute atomic E-state index is 0.137. The maximum atomic E-state index is 12.2. The van der Waals surface area contributed by atoms with Gasteiger partial charge in [-0.3, -0.25) is 4.79 Å². The molecule has 0 radical (unpaired) electrons. The average molecular weight is 305 g/mol. The second kappa shape index (κ2) is 6.10. The Balaban J connectivity index is 1.84. The highest BCUT2D eigenvalue weighted by Crippen LogP contribution is 2.23. The van der Waals surface area contributed by atoms with Gasteiger partial charge < -0.3 is 10.2 Å². The van der Waals surface area contributed by atoms with Gasteiger partial charge in [-0.15, -0.1) is 0 Å². The van der Waals surface area contributed by atoms with Gasteiger partial charge in [-0.2, -0.15) is 5.26 Å². The van der Waals surface area contributed by atoms with Crippen LogP contribution in [0.5, 0.6) is 0 Å². The Hall–Kier alpha value is -3.49. The zero-order valence-corrected chi connectivity index (χ0v) is 12.2. The first-order chi connectivity index (χ1) is 11.2. The molecule has 1 saturated heterocycles. The van der Waals surface area contributed by atoms with Crippen molar-refractivity contribution in [3.05, 3.63) is 42.2 Å². The number of nitrogens with zero attached hydrogens (tertiary/aromatic N) is 5. The molecule has 3 heterocycles. The predicted octanol–water partition coefficient (Wildman–Crippen LogP) is 1.04. The van der Waals surface area contributed by atoms with Crippen molar-refractivity contribution < 1.29 is 4.79 Å². The highest BCUT2D eigenvalue weighted by Gasteiger charge is 2.35. The zero-order valence-electron chi connectivity index (χ0n) is 12.2. The van der Waals surface area contributed by atoms with E-state index in [4.69, 9.17) is 5.26 Å². The van der Waals surface area contributed by atoms with Gasteiger partial charge in [0.15, 0.2) is 0 Å². The monoisotopic (exact) mass is 305 g/mol. The summed E-state index contributed by atoms with van der Waals surface area (Å²) < 4.78 is 3.76. The number of hydrogen-bond acceptors (Lipinski definition) is 5. The Morgan fingerprint density at radius 2 is 2.22 bits per heavy atom. The fourth-order valence-electron chi connectivity index (χ4n) is 2.33. The number of pyridine rings is 2. The van der Waals surface area contributed by atoms with Gasteiger partial charge in [-0.05, 0) is 18.2 Å². The van der Waals surface area contributed by atoms with Crippen molar-refractivity contribution in [2.45, 2.75) is 6.42 Å². The van der Waals surface area contributed by atoms with E-state index >= 15 is 0 Å². The van der Waals surface area contributed by atoms with Crippen molar-refractivity contribution in [2.24, 2.45) is 0 Å². The summed E-state index contributed by atoms with van der Waals surface area (Å²) in [7, 11) is 0. The number of nitriles is 1. The van der Waals surface area contributed by atoms with Crippen LogP contribution in [-0.2, 0) is 4.79 Å². The number of hydrogen-bond donors (Lipinski definition) is 1. The Kier molecular flexibility index (Phi) is 3.83. The molecule has 23 heavy (non-hydrogen) atoms. The van der Waals surface area contributed by atoms with Crippen LogP contribution < -0.4 is 14.9 Å². The van der Waals surface area contributed by atoms with Crippen LogP contribution in [-0.4, -0.2) is 34.8 Å². The first kappa shape index (κ1) is 14.4. The van der Waals surface area contributed by atoms with Crippen LogP contribution in [0.4, 0.5) is 17.3 Å². The molecular weight excluding hydrogens is 292 g/mol. The zero-order chi connectivity index (χ0) is 16.2. The van der Waals surface area contributed by atoms with Gasteiger partial charge in [0.25, 0.3) is 6.72 Å². The van der Waals surface area contributed by atoms with E-state index in [1.54, 1.807) is 41.4 Å². The number of carbonyl (C=O) groups excluding carboxylic acids is 1. The minimum atomic E-state index is -0.137. The van der Waals surface area contributed by atoms with E-state index < -0.39 is 0 Å². The molecule has 2 aromatic rings. The lowest BCUT2D eigenvalue weighted by Crippen LogP contribution is -2.27. The van der Waals surface area contributed by atoms with Crippen LogP contribution in [0.3, 0.4) is 0 Å². The Bertz CT molecular complexity index is 863. The Morgan fingerprint density at radius 3 is 2.96 bits per heavy atom. The predicted molar refractivity (Wildman–Crippen MR) is 87.7 cm³/mol. The van der Waals surface area contributed by atoms with Crippen molar-refractivity contribution in [1.29, 1.82) is 5.26 Å². The van der Waals surface area contributed by atoms with Crippen molar-refractivity contribution in [3.63, 3.8) is 0 Å². The lowest BCUT2D eigenvalue weighted by Gasteiger charge is -2.14. The molecule has 0 saturated carbocycles. The average Bonchev–Trinajstić information content (AvgIpc) is 2.96. The summed E-state index contributed by atoms with van der Waals surface area (Å²) in [5, 5.41) is 11.9. The van der Waals surface area contributed by atoms with E-state index in [1.807, 2.05) is 6.07 Å². The van der Waals surface area contributed by atoms with E-state index in [1.165, 1.54) is 0 Å². The smallest absolute Gasteiger partial charge is 0.325 e. The summed E-state index contributed by atoms with van der Waals surface area (Å²) in [6, 6.07) is 10.6. The molecular formula is C16H13N6O+. The SMILES string of the molecule is C=[N+]=C1CCN(c2ccnc(Nc3cccc(C#N)n3)c2)C1=O. The number of anilines is 3. The first-order valence-electron chi connectivity index (χ1n) is 6.96. The van der Waals surface area contributed by atoms with Crippen LogP contribution >= 0.6 is 0 Å². The molecule has 1 N–H and O–H groups in total. The van der Waals surface area contributed by atoms with Crippen molar-refractivity contribution in [1.82, 2.24) is 14.6 Å². The fraction of sp³-hybridized carbons (Fsp3) is 0.125. The molecule has 0 spiro atoms. The quantitative estimate of drug-likeness (QED) is 0.675. The largest absolute Gasteiger partial charge is 0.369 e. The van der Waals surface area contributed by atoms with Gasteiger partial charge in [0.1, 0.15) is 23.4 Å². The van der Waals surface area contributed by atoms with Crippen molar-refractivity contribution in [2.75, 3.05) is 16.8 Å². The summed E-state index contributed by atoms with van der Waals surface area (Å²) in [4.78, 5) is 22.1. The summed E-state index contributed by atoms with van der Waals surface area (Å²) >= 11 is 0. The third kappa shape index (κ3) is 2.93. The standard InChI is InChI=1S/C16H13N6O/c1-18-13-6-8-22(16(13)23)12-5-7-19-15(9-12)21-14-4-2-3-11(10-17)20-14/h2-5,7,9H,1,6,8H2,(H,19,20,21)/q+1. The third-order valence-electron chi connectivity index (χ3n) is 3.43. The highest BCUT2D eigenvalue weighted by molar-refractivity contribution is 6.45. The number of nitrogens with one attached hydrogen (secondary N) is 1. The fourth-order valence-corrected chi connectivity index (χ4v) is 2.33. The van der Waals surface area contributed by atoms with Gasteiger partial charge in [0.2, 0.25) is 0 Å². The summed E-state index contributed by atoms with van der Waals surface area (Å²) in [6.45, 7) is 3.99. The van der Waals surface area contributed by atoms with Crippen LogP contribution in [0.25, 0.3) is 0 Å². The molecule has 3 rings (SSSR count). The summed E-state index contributed by atoms with van der Waals surface area (Å²) in [6.07, 6.45) is 2.19. The number of carbonyl (C=O) groups is 1. The van der Waals surface area contributed by atoms with Crippen LogP contribution in [0.15, 0.2) is 36.5 Å². The number of aromatic nitrogens is 2. The van der Waals surface area contributed by atoms with Crippen LogP contribution in [0.2, 0.25) is 0 Å². The van der Waals surface area contributed by atoms with Crippen molar-refractivity contribution in [3.8, 4) is 6.07 Å². The second-order valence-electron chi connectivity index (χ2n) is 4.86. The summed E-state index contributed by atoms with van der Waals surface area (Å²) in [5.74, 6) is 0.918. The van der Waals surface area contributed by atoms with Gasteiger partial charge in [0.05, 0.1) is 6.42 Å². The van der Waals surface area contributed by atoms with Gasteiger partial charge in [-0.25, -0.2) is 9.97 Å². The molecule has 0 atom stereocenters. The maximum Gasteiger partial charge on any atom is 0.369 e. The lowest BCUT2D eigenvalue weighted by molar-refractivity contribution is -0.111. The minimum Gasteiger partial charge on any atom is -0.325 e. The van der Waals surface area contributed by atoms with E-state index in [-0.39, 0.29) is 5.91 Å². The van der Waals surface area contributed by atoms with Gasteiger partial charge in [-0.1, -0.05) is 10.7 Å². The van der Waals surface area contributed by atoms with Gasteiger partial charge in [0, 0.05) is 24.5 Å². The normalized spacial score (nSPS) is 13.6. The molecule has 0 unspecified atom stereocenters. The number of rotatable bonds is 3. The molecule has 2 aromatic heterocycles. The second-order valence-corrected chi connectivity index (χ2v) is 4.86. The molecule has 1 fully saturated rings. The lowest BCUT2D eigenvalue weighted by atomic mass is 10.3. The topological polar surface area (TPSA) is 96.0 Å². The molecule has 7 heteroatoms. The summed E-state index contributed by atoms with van der Waals surface area (Å²) in [5.41, 5.74) is 1.51. The Labute approximate surface area is 132 Å². The van der Waals surface area contributed by atoms with Gasteiger partial charge >= 0.3 is 11.6 Å². The molecule has 112 valence electrons. The van der Waals surface area contributed by atoms with E-state index in [2.05, 4.69) is 26.7 Å². The molecule has 0 bridgehead atoms. The highest BCUT2D eigenvalue weighted by atomic mass is 16.2. The number of amides is 1. The van der Waals surface area contributed by atoms with E-state index in [0.29, 0.717) is 36.0 Å². The molecule has 7 nitrogen and oxygen atoms in total.